The molecular formula is C23H32O5. The maximum absolute atomic E-state index is 10.9. The van der Waals surface area contributed by atoms with Gasteiger partial charge >= 0.3 is 5.97 Å². The van der Waals surface area contributed by atoms with Crippen LogP contribution in [-0.4, -0.2) is 46.7 Å². The quantitative estimate of drug-likeness (QED) is 0.207. The van der Waals surface area contributed by atoms with Gasteiger partial charge in [-0.2, -0.15) is 0 Å². The maximum Gasteiger partial charge on any atom is 0.305 e. The molecule has 0 aliphatic rings. The van der Waals surface area contributed by atoms with Crippen molar-refractivity contribution in [2.45, 2.75) is 57.3 Å². The highest BCUT2D eigenvalue weighted by Gasteiger charge is 2.10. The van der Waals surface area contributed by atoms with Crippen molar-refractivity contribution in [2.75, 3.05) is 7.11 Å². The Labute approximate surface area is 168 Å². The molecule has 5 heteroatoms. The molecule has 3 atom stereocenters. The summed E-state index contributed by atoms with van der Waals surface area (Å²) in [4.78, 5) is 10.9. The van der Waals surface area contributed by atoms with E-state index in [1.54, 1.807) is 30.4 Å². The Hall–Kier alpha value is -2.39. The summed E-state index contributed by atoms with van der Waals surface area (Å²) in [6.45, 7) is 2.01. The molecule has 0 aromatic heterocycles. The van der Waals surface area contributed by atoms with Crippen LogP contribution in [-0.2, 0) is 9.53 Å². The van der Waals surface area contributed by atoms with Crippen LogP contribution in [0.25, 0.3) is 0 Å². The minimum atomic E-state index is -0.921. The van der Waals surface area contributed by atoms with Crippen molar-refractivity contribution >= 4 is 5.97 Å². The van der Waals surface area contributed by atoms with E-state index in [1.165, 1.54) is 13.2 Å². The van der Waals surface area contributed by atoms with Crippen molar-refractivity contribution in [2.24, 2.45) is 0 Å². The monoisotopic (exact) mass is 388 g/mol. The maximum atomic E-state index is 10.9. The van der Waals surface area contributed by atoms with Gasteiger partial charge < -0.3 is 20.1 Å². The molecule has 0 saturated carbocycles. The van der Waals surface area contributed by atoms with E-state index in [0.29, 0.717) is 25.7 Å². The SMILES string of the molecule is CC/C=C\CC(O)C(O)/C=C/C=C/C#C/C=C/C(O)C/C=C\CCC(=O)OC. The third-order valence-corrected chi connectivity index (χ3v) is 3.55. The first-order valence-corrected chi connectivity index (χ1v) is 9.43. The summed E-state index contributed by atoms with van der Waals surface area (Å²) >= 11 is 0. The van der Waals surface area contributed by atoms with Gasteiger partial charge in [0.15, 0.2) is 0 Å². The molecule has 0 amide bonds. The van der Waals surface area contributed by atoms with E-state index in [-0.39, 0.29) is 5.97 Å². The second-order valence-electron chi connectivity index (χ2n) is 5.95. The standard InChI is InChI=1S/C23H32O5/c1-3-4-10-17-21(25)22(26)18-13-8-6-5-7-11-15-20(24)16-12-9-14-19-23(27)28-2/h4,6,8-13,15,18,20-22,24-26H,3,14,16-17,19H2,1-2H3/b8-6+,10-4-,12-9-,15-11+,18-13+. The highest BCUT2D eigenvalue weighted by Crippen LogP contribution is 2.02. The van der Waals surface area contributed by atoms with Crippen LogP contribution >= 0.6 is 0 Å². The van der Waals surface area contributed by atoms with Crippen molar-refractivity contribution in [1.82, 2.24) is 0 Å². The molecule has 0 aromatic rings. The summed E-state index contributed by atoms with van der Waals surface area (Å²) in [6.07, 6.45) is 17.3. The molecule has 5 nitrogen and oxygen atoms in total. The number of hydrogen-bond acceptors (Lipinski definition) is 5. The molecule has 0 rings (SSSR count). The van der Waals surface area contributed by atoms with E-state index in [4.69, 9.17) is 0 Å². The highest BCUT2D eigenvalue weighted by molar-refractivity contribution is 5.69. The largest absolute Gasteiger partial charge is 0.469 e. The lowest BCUT2D eigenvalue weighted by molar-refractivity contribution is -0.140. The molecule has 0 saturated heterocycles. The van der Waals surface area contributed by atoms with Crippen LogP contribution < -0.4 is 0 Å². The van der Waals surface area contributed by atoms with Crippen LogP contribution in [0.2, 0.25) is 0 Å². The van der Waals surface area contributed by atoms with E-state index in [9.17, 15) is 20.1 Å². The molecule has 0 radical (unpaired) electrons. The average molecular weight is 389 g/mol. The second kappa shape index (κ2) is 18.0. The molecule has 3 N–H and O–H groups in total. The van der Waals surface area contributed by atoms with Gasteiger partial charge in [0.05, 0.1) is 25.4 Å². The summed E-state index contributed by atoms with van der Waals surface area (Å²) in [5.41, 5.74) is 0. The zero-order valence-electron chi connectivity index (χ0n) is 16.7. The van der Waals surface area contributed by atoms with Crippen LogP contribution in [0.15, 0.2) is 60.8 Å². The predicted octanol–water partition coefficient (Wildman–Crippen LogP) is 3.00. The third kappa shape index (κ3) is 15.8. The Kier molecular flexibility index (Phi) is 16.5. The minimum Gasteiger partial charge on any atom is -0.469 e. The molecule has 0 bridgehead atoms. The summed E-state index contributed by atoms with van der Waals surface area (Å²) in [6, 6.07) is 0. The number of hydrogen-bond donors (Lipinski definition) is 3. The van der Waals surface area contributed by atoms with Gasteiger partial charge in [-0.15, -0.1) is 0 Å². The normalized spacial score (nSPS) is 15.5. The first-order valence-electron chi connectivity index (χ1n) is 9.43. The lowest BCUT2D eigenvalue weighted by Gasteiger charge is -2.11. The average Bonchev–Trinajstić information content (AvgIpc) is 2.69. The zero-order valence-corrected chi connectivity index (χ0v) is 16.7. The Morgan fingerprint density at radius 3 is 2.39 bits per heavy atom. The number of aliphatic hydroxyl groups excluding tert-OH is 3. The van der Waals surface area contributed by atoms with Gasteiger partial charge in [0.25, 0.3) is 0 Å². The van der Waals surface area contributed by atoms with E-state index >= 15 is 0 Å². The number of esters is 1. The van der Waals surface area contributed by atoms with E-state index < -0.39 is 18.3 Å². The lowest BCUT2D eigenvalue weighted by Crippen LogP contribution is -2.22. The smallest absolute Gasteiger partial charge is 0.305 e. The minimum absolute atomic E-state index is 0.252. The van der Waals surface area contributed by atoms with Crippen molar-refractivity contribution in [3.8, 4) is 11.8 Å². The Morgan fingerprint density at radius 1 is 0.964 bits per heavy atom. The van der Waals surface area contributed by atoms with Crippen LogP contribution in [0.1, 0.15) is 39.0 Å². The number of carbonyl (C=O) groups is 1. The molecule has 0 fully saturated rings. The molecule has 3 unspecified atom stereocenters. The Bertz CT molecular complexity index is 617. The molecule has 0 aromatic carbocycles. The fourth-order valence-corrected chi connectivity index (χ4v) is 1.94. The number of ether oxygens (including phenoxy) is 1. The van der Waals surface area contributed by atoms with Crippen LogP contribution in [0, 0.1) is 11.8 Å². The van der Waals surface area contributed by atoms with Gasteiger partial charge in [0.2, 0.25) is 0 Å². The highest BCUT2D eigenvalue weighted by atomic mass is 16.5. The molecule has 0 spiro atoms. The van der Waals surface area contributed by atoms with Gasteiger partial charge in [0.1, 0.15) is 0 Å². The number of allylic oxidation sites excluding steroid dienone is 6. The first-order chi connectivity index (χ1) is 13.5. The van der Waals surface area contributed by atoms with E-state index in [0.717, 1.165) is 6.42 Å². The fourth-order valence-electron chi connectivity index (χ4n) is 1.94. The fraction of sp³-hybridized carbons (Fsp3) is 0.435. The molecule has 28 heavy (non-hydrogen) atoms. The van der Waals surface area contributed by atoms with Gasteiger partial charge in [-0.3, -0.25) is 4.79 Å². The topological polar surface area (TPSA) is 87.0 Å². The van der Waals surface area contributed by atoms with Crippen LogP contribution in [0.4, 0.5) is 0 Å². The molecule has 0 heterocycles. The Morgan fingerprint density at radius 2 is 1.68 bits per heavy atom. The van der Waals surface area contributed by atoms with Crippen molar-refractivity contribution < 1.29 is 24.9 Å². The van der Waals surface area contributed by atoms with E-state index in [2.05, 4.69) is 16.6 Å². The summed E-state index contributed by atoms with van der Waals surface area (Å²) < 4.78 is 4.53. The Balaban J connectivity index is 4.08. The van der Waals surface area contributed by atoms with Gasteiger partial charge in [-0.05, 0) is 43.9 Å². The number of carbonyl (C=O) groups excluding carboxylic acids is 1. The molecule has 0 aliphatic carbocycles. The van der Waals surface area contributed by atoms with Crippen molar-refractivity contribution in [1.29, 1.82) is 0 Å². The predicted molar refractivity (Wildman–Crippen MR) is 112 cm³/mol. The van der Waals surface area contributed by atoms with Gasteiger partial charge in [0, 0.05) is 6.42 Å². The molecular weight excluding hydrogens is 356 g/mol. The van der Waals surface area contributed by atoms with Gasteiger partial charge in [-0.1, -0.05) is 61.3 Å². The van der Waals surface area contributed by atoms with Crippen molar-refractivity contribution in [3.05, 3.63) is 60.8 Å². The number of rotatable bonds is 12. The lowest BCUT2D eigenvalue weighted by atomic mass is 10.1. The van der Waals surface area contributed by atoms with Crippen molar-refractivity contribution in [3.63, 3.8) is 0 Å². The summed E-state index contributed by atoms with van der Waals surface area (Å²) in [7, 11) is 1.36. The third-order valence-electron chi connectivity index (χ3n) is 3.55. The zero-order chi connectivity index (χ0) is 21.0. The van der Waals surface area contributed by atoms with Crippen LogP contribution in [0.5, 0.6) is 0 Å². The number of methoxy groups -OCH3 is 1. The molecule has 0 aliphatic heterocycles. The second-order valence-corrected chi connectivity index (χ2v) is 5.95. The first kappa shape index (κ1) is 25.6. The van der Waals surface area contributed by atoms with Crippen LogP contribution in [0.3, 0.4) is 0 Å². The summed E-state index contributed by atoms with van der Waals surface area (Å²) in [5.74, 6) is 5.29. The van der Waals surface area contributed by atoms with E-state index in [1.807, 2.05) is 31.2 Å². The number of aliphatic hydroxyl groups is 3. The van der Waals surface area contributed by atoms with Gasteiger partial charge in [-0.25, -0.2) is 0 Å². The molecule has 154 valence electrons. The summed E-state index contributed by atoms with van der Waals surface area (Å²) in [5, 5.41) is 29.2.